The van der Waals surface area contributed by atoms with Gasteiger partial charge in [-0.15, -0.1) is 0 Å². The number of anilines is 1. The molecule has 2 aliphatic heterocycles. The Morgan fingerprint density at radius 2 is 1.68 bits per heavy atom. The van der Waals surface area contributed by atoms with Crippen LogP contribution in [0.15, 0.2) is 36.7 Å². The fourth-order valence-corrected chi connectivity index (χ4v) is 4.18. The van der Waals surface area contributed by atoms with Gasteiger partial charge in [-0.1, -0.05) is 18.2 Å². The summed E-state index contributed by atoms with van der Waals surface area (Å²) in [5.74, 6) is 0.725. The molecule has 0 atom stereocenters. The molecule has 182 valence electrons. The summed E-state index contributed by atoms with van der Waals surface area (Å²) in [5.41, 5.74) is 2.99. The van der Waals surface area contributed by atoms with E-state index in [1.54, 1.807) is 19.0 Å². The molecule has 1 aromatic heterocycles. The molecule has 2 aliphatic rings. The molecule has 0 spiro atoms. The Morgan fingerprint density at radius 1 is 1.00 bits per heavy atom. The molecule has 0 saturated carbocycles. The van der Waals surface area contributed by atoms with Gasteiger partial charge in [-0.05, 0) is 24.2 Å². The average molecular weight is 468 g/mol. The highest BCUT2D eigenvalue weighted by Gasteiger charge is 2.27. The molecule has 4 rings (SSSR count). The Morgan fingerprint density at radius 3 is 2.35 bits per heavy atom. The largest absolute Gasteiger partial charge is 0.378 e. The van der Waals surface area contributed by atoms with Gasteiger partial charge < -0.3 is 29.7 Å². The summed E-state index contributed by atoms with van der Waals surface area (Å²) < 4.78 is 5.34. The van der Waals surface area contributed by atoms with Crippen molar-refractivity contribution in [1.29, 1.82) is 0 Å². The number of amides is 3. The molecule has 34 heavy (non-hydrogen) atoms. The van der Waals surface area contributed by atoms with Gasteiger partial charge in [0.25, 0.3) is 0 Å². The molecule has 2 fully saturated rings. The van der Waals surface area contributed by atoms with Crippen LogP contribution in [0.4, 0.5) is 10.7 Å². The smallest absolute Gasteiger partial charge is 0.320 e. The summed E-state index contributed by atoms with van der Waals surface area (Å²) in [5, 5.41) is 2.89. The average Bonchev–Trinajstić information content (AvgIpc) is 2.89. The van der Waals surface area contributed by atoms with E-state index in [4.69, 9.17) is 4.74 Å². The molecule has 2 saturated heterocycles. The van der Waals surface area contributed by atoms with Crippen LogP contribution >= 0.6 is 0 Å². The number of likely N-dealkylation sites (N-methyl/N-ethyl adjacent to an activating group) is 2. The van der Waals surface area contributed by atoms with Crippen molar-refractivity contribution in [2.45, 2.75) is 6.54 Å². The fraction of sp³-hybridized carbons (Fsp3) is 0.500. The predicted molar refractivity (Wildman–Crippen MR) is 129 cm³/mol. The highest BCUT2D eigenvalue weighted by Crippen LogP contribution is 2.21. The topological polar surface area (TPSA) is 94.1 Å². The Bertz CT molecular complexity index is 971. The van der Waals surface area contributed by atoms with Crippen LogP contribution in [0.2, 0.25) is 0 Å². The summed E-state index contributed by atoms with van der Waals surface area (Å²) in [7, 11) is 3.57. The maximum atomic E-state index is 12.7. The first-order valence-electron chi connectivity index (χ1n) is 11.7. The third-order valence-electron chi connectivity index (χ3n) is 6.19. The summed E-state index contributed by atoms with van der Waals surface area (Å²) in [6.45, 7) is 6.13. The van der Waals surface area contributed by atoms with Crippen molar-refractivity contribution >= 4 is 17.9 Å². The van der Waals surface area contributed by atoms with Crippen molar-refractivity contribution in [2.24, 2.45) is 0 Å². The van der Waals surface area contributed by atoms with Crippen molar-refractivity contribution in [2.75, 3.05) is 78.0 Å². The Kier molecular flexibility index (Phi) is 7.91. The van der Waals surface area contributed by atoms with Crippen LogP contribution in [0, 0.1) is 0 Å². The molecule has 1 aromatic carbocycles. The number of nitrogens with one attached hydrogen (secondary N) is 1. The van der Waals surface area contributed by atoms with E-state index < -0.39 is 0 Å². The molecule has 0 bridgehead atoms. The molecular weight excluding hydrogens is 434 g/mol. The first-order valence-corrected chi connectivity index (χ1v) is 11.7. The van der Waals surface area contributed by atoms with Crippen molar-refractivity contribution in [3.05, 3.63) is 42.2 Å². The Labute approximate surface area is 200 Å². The third kappa shape index (κ3) is 5.81. The minimum Gasteiger partial charge on any atom is -0.378 e. The third-order valence-corrected chi connectivity index (χ3v) is 6.19. The number of benzene rings is 1. The SMILES string of the molecule is CNCC(=O)N(C)Cc1cccc(-c2cnc(N3CCN(C(=O)N4CCOCC4)CC3)nc2)c1. The molecule has 3 amide bonds. The maximum Gasteiger partial charge on any atom is 0.320 e. The number of aromatic nitrogens is 2. The van der Waals surface area contributed by atoms with E-state index in [9.17, 15) is 9.59 Å². The van der Waals surface area contributed by atoms with E-state index in [1.165, 1.54) is 0 Å². The lowest BCUT2D eigenvalue weighted by Gasteiger charge is -2.38. The van der Waals surface area contributed by atoms with Gasteiger partial charge in [0, 0.05) is 70.8 Å². The van der Waals surface area contributed by atoms with Gasteiger partial charge in [-0.2, -0.15) is 0 Å². The molecule has 3 heterocycles. The van der Waals surface area contributed by atoms with Crippen LogP contribution in [0.3, 0.4) is 0 Å². The molecule has 0 aliphatic carbocycles. The monoisotopic (exact) mass is 467 g/mol. The number of nitrogens with zero attached hydrogens (tertiary/aromatic N) is 6. The fourth-order valence-electron chi connectivity index (χ4n) is 4.18. The number of morpholine rings is 1. The van der Waals surface area contributed by atoms with Crippen LogP contribution in [0.25, 0.3) is 11.1 Å². The number of hydrogen-bond acceptors (Lipinski definition) is 7. The minimum atomic E-state index is 0.0485. The van der Waals surface area contributed by atoms with Crippen molar-refractivity contribution in [3.63, 3.8) is 0 Å². The minimum absolute atomic E-state index is 0.0485. The molecule has 0 radical (unpaired) electrons. The summed E-state index contributed by atoms with van der Waals surface area (Å²) in [6.07, 6.45) is 3.67. The molecule has 2 aromatic rings. The number of carbonyl (C=O) groups is 2. The predicted octanol–water partition coefficient (Wildman–Crippen LogP) is 0.896. The van der Waals surface area contributed by atoms with Gasteiger partial charge in [0.05, 0.1) is 19.8 Å². The van der Waals surface area contributed by atoms with E-state index in [1.807, 2.05) is 40.4 Å². The lowest BCUT2D eigenvalue weighted by Crippen LogP contribution is -2.55. The molecule has 10 nitrogen and oxygen atoms in total. The first-order chi connectivity index (χ1) is 16.5. The van der Waals surface area contributed by atoms with Crippen LogP contribution in [0.1, 0.15) is 5.56 Å². The van der Waals surface area contributed by atoms with E-state index in [2.05, 4.69) is 26.3 Å². The normalized spacial score (nSPS) is 16.5. The van der Waals surface area contributed by atoms with Gasteiger partial charge in [0.1, 0.15) is 0 Å². The van der Waals surface area contributed by atoms with Crippen molar-refractivity contribution in [1.82, 2.24) is 30.0 Å². The number of piperazine rings is 1. The zero-order valence-corrected chi connectivity index (χ0v) is 19.9. The van der Waals surface area contributed by atoms with E-state index in [-0.39, 0.29) is 11.9 Å². The van der Waals surface area contributed by atoms with Gasteiger partial charge in [-0.3, -0.25) is 4.79 Å². The van der Waals surface area contributed by atoms with Crippen molar-refractivity contribution < 1.29 is 14.3 Å². The quantitative estimate of drug-likeness (QED) is 0.675. The zero-order valence-electron chi connectivity index (χ0n) is 19.9. The Balaban J connectivity index is 1.34. The molecule has 0 unspecified atom stereocenters. The first kappa shape index (κ1) is 23.9. The van der Waals surface area contributed by atoms with Crippen molar-refractivity contribution in [3.8, 4) is 11.1 Å². The standard InChI is InChI=1S/C24H33N7O3/c1-25-17-22(32)28(2)18-19-4-3-5-20(14-19)21-15-26-23(27-16-21)29-6-8-30(9-7-29)24(33)31-10-12-34-13-11-31/h3-5,14-16,25H,6-13,17-18H2,1-2H3. The zero-order chi connectivity index (χ0) is 23.9. The number of rotatable bonds is 6. The highest BCUT2D eigenvalue weighted by molar-refractivity contribution is 5.78. The second-order valence-corrected chi connectivity index (χ2v) is 8.61. The van der Waals surface area contributed by atoms with Gasteiger partial charge in [-0.25, -0.2) is 14.8 Å². The number of urea groups is 1. The summed E-state index contributed by atoms with van der Waals surface area (Å²) in [6, 6.07) is 8.18. The van der Waals surface area contributed by atoms with Gasteiger partial charge in [0.2, 0.25) is 11.9 Å². The lowest BCUT2D eigenvalue weighted by atomic mass is 10.1. The second kappa shape index (κ2) is 11.3. The van der Waals surface area contributed by atoms with Gasteiger partial charge >= 0.3 is 6.03 Å². The van der Waals surface area contributed by atoms with E-state index in [0.29, 0.717) is 71.5 Å². The summed E-state index contributed by atoms with van der Waals surface area (Å²) in [4.78, 5) is 41.5. The maximum absolute atomic E-state index is 12.7. The van der Waals surface area contributed by atoms with E-state index >= 15 is 0 Å². The van der Waals surface area contributed by atoms with Gasteiger partial charge in [0.15, 0.2) is 0 Å². The van der Waals surface area contributed by atoms with E-state index in [0.717, 1.165) is 16.7 Å². The highest BCUT2D eigenvalue weighted by atomic mass is 16.5. The molecular formula is C24H33N7O3. The van der Waals surface area contributed by atoms with Crippen LogP contribution in [0.5, 0.6) is 0 Å². The van der Waals surface area contributed by atoms with Crippen LogP contribution < -0.4 is 10.2 Å². The lowest BCUT2D eigenvalue weighted by molar-refractivity contribution is -0.129. The number of ether oxygens (including phenoxy) is 1. The second-order valence-electron chi connectivity index (χ2n) is 8.61. The summed E-state index contributed by atoms with van der Waals surface area (Å²) >= 11 is 0. The van der Waals surface area contributed by atoms with Crippen LogP contribution in [-0.2, 0) is 16.1 Å². The Hall–Kier alpha value is -3.24. The molecule has 1 N–H and O–H groups in total. The van der Waals surface area contributed by atoms with Crippen LogP contribution in [-0.4, -0.2) is 110 Å². The number of hydrogen-bond donors (Lipinski definition) is 1. The number of carbonyl (C=O) groups excluding carboxylic acids is 2. The molecule has 10 heteroatoms.